The minimum Gasteiger partial charge on any atom is -0.463 e. The third-order valence-corrected chi connectivity index (χ3v) is 4.33. The maximum atomic E-state index is 13.2. The largest absolute Gasteiger partial charge is 0.463 e. The molecule has 1 atom stereocenters. The molecule has 5 heteroatoms. The fourth-order valence-corrected chi connectivity index (χ4v) is 2.97. The Hall–Kier alpha value is -2.21. The van der Waals surface area contributed by atoms with E-state index in [2.05, 4.69) is 5.32 Å². The summed E-state index contributed by atoms with van der Waals surface area (Å²) in [6.45, 7) is 5.31. The van der Waals surface area contributed by atoms with Crippen LogP contribution in [0.5, 0.6) is 5.75 Å². The topological polar surface area (TPSA) is 56.8 Å². The summed E-state index contributed by atoms with van der Waals surface area (Å²) >= 11 is 0. The smallest absolute Gasteiger partial charge is 0.205 e. The Labute approximate surface area is 154 Å². The Morgan fingerprint density at radius 3 is 2.73 bits per heavy atom. The van der Waals surface area contributed by atoms with E-state index in [1.807, 2.05) is 62.4 Å². The van der Waals surface area contributed by atoms with Gasteiger partial charge in [0.05, 0.1) is 19.3 Å². The molecule has 0 saturated heterocycles. The molecule has 0 unspecified atom stereocenters. The summed E-state index contributed by atoms with van der Waals surface area (Å²) in [5, 5.41) is 3.29. The number of nitrogens with one attached hydrogen (secondary N) is 1. The van der Waals surface area contributed by atoms with Gasteiger partial charge in [0.25, 0.3) is 0 Å². The van der Waals surface area contributed by atoms with Gasteiger partial charge in [0.15, 0.2) is 5.78 Å². The van der Waals surface area contributed by atoms with Crippen LogP contribution >= 0.6 is 0 Å². The average molecular weight is 355 g/mol. The molecule has 2 aromatic rings. The lowest BCUT2D eigenvalue weighted by molar-refractivity contribution is -0.180. The summed E-state index contributed by atoms with van der Waals surface area (Å²) in [4.78, 5) is 13.2. The molecule has 2 aromatic carbocycles. The van der Waals surface area contributed by atoms with Gasteiger partial charge in [-0.2, -0.15) is 0 Å². The standard InChI is InChI=1S/C21H25NO4/c1-21(2)25-14-17-13-16(9-10-18(17)26-21)20(23)19(22-11-12-24-3)15-7-5-4-6-8-15/h4-10,13,19,22H,11-12,14H2,1-3H3/t19-/m0/s1. The van der Waals surface area contributed by atoms with E-state index in [1.165, 1.54) is 0 Å². The number of carbonyl (C=O) groups excluding carboxylic acids is 1. The molecule has 1 aliphatic heterocycles. The molecule has 0 fully saturated rings. The zero-order valence-corrected chi connectivity index (χ0v) is 15.5. The number of fused-ring (bicyclic) bond motifs is 1. The second-order valence-electron chi connectivity index (χ2n) is 6.77. The van der Waals surface area contributed by atoms with Crippen LogP contribution in [0.15, 0.2) is 48.5 Å². The molecule has 1 N–H and O–H groups in total. The van der Waals surface area contributed by atoms with E-state index in [0.29, 0.717) is 25.3 Å². The number of hydrogen-bond donors (Lipinski definition) is 1. The summed E-state index contributed by atoms with van der Waals surface area (Å²) in [5.41, 5.74) is 2.45. The van der Waals surface area contributed by atoms with Gasteiger partial charge >= 0.3 is 0 Å². The number of hydrogen-bond acceptors (Lipinski definition) is 5. The van der Waals surface area contributed by atoms with Crippen molar-refractivity contribution < 1.29 is 19.0 Å². The van der Waals surface area contributed by atoms with E-state index in [4.69, 9.17) is 14.2 Å². The SMILES string of the molecule is COCCN[C@H](C(=O)c1ccc2c(c1)COC(C)(C)O2)c1ccccc1. The molecule has 0 bridgehead atoms. The first-order valence-electron chi connectivity index (χ1n) is 8.77. The Morgan fingerprint density at radius 1 is 1.23 bits per heavy atom. The summed E-state index contributed by atoms with van der Waals surface area (Å²) in [6.07, 6.45) is 0. The molecule has 1 aliphatic rings. The van der Waals surface area contributed by atoms with Crippen LogP contribution in [0, 0.1) is 0 Å². The molecule has 3 rings (SSSR count). The van der Waals surface area contributed by atoms with Gasteiger partial charge in [-0.1, -0.05) is 30.3 Å². The van der Waals surface area contributed by atoms with E-state index in [9.17, 15) is 4.79 Å². The van der Waals surface area contributed by atoms with Crippen molar-refractivity contribution in [2.45, 2.75) is 32.3 Å². The van der Waals surface area contributed by atoms with Crippen molar-refractivity contribution in [3.63, 3.8) is 0 Å². The van der Waals surface area contributed by atoms with E-state index in [1.54, 1.807) is 7.11 Å². The fourth-order valence-electron chi connectivity index (χ4n) is 2.97. The van der Waals surface area contributed by atoms with Gasteiger partial charge in [-0.25, -0.2) is 0 Å². The molecular weight excluding hydrogens is 330 g/mol. The number of ketones is 1. The highest BCUT2D eigenvalue weighted by atomic mass is 16.7. The molecule has 0 spiro atoms. The van der Waals surface area contributed by atoms with E-state index in [0.717, 1.165) is 16.9 Å². The molecule has 0 aliphatic carbocycles. The van der Waals surface area contributed by atoms with Gasteiger partial charge in [0.2, 0.25) is 5.79 Å². The van der Waals surface area contributed by atoms with Crippen LogP contribution in [-0.2, 0) is 16.1 Å². The number of benzene rings is 2. The van der Waals surface area contributed by atoms with Gasteiger partial charge in [-0.3, -0.25) is 4.79 Å². The van der Waals surface area contributed by atoms with Crippen molar-refractivity contribution in [2.75, 3.05) is 20.3 Å². The third-order valence-electron chi connectivity index (χ3n) is 4.33. The van der Waals surface area contributed by atoms with Crippen molar-refractivity contribution in [3.05, 3.63) is 65.2 Å². The first kappa shape index (κ1) is 18.6. The lowest BCUT2D eigenvalue weighted by atomic mass is 9.96. The van der Waals surface area contributed by atoms with Gasteiger partial charge < -0.3 is 19.5 Å². The molecular formula is C21H25NO4. The van der Waals surface area contributed by atoms with Crippen LogP contribution in [-0.4, -0.2) is 31.8 Å². The number of carbonyl (C=O) groups is 1. The quantitative estimate of drug-likeness (QED) is 0.609. The highest BCUT2D eigenvalue weighted by Crippen LogP contribution is 2.32. The molecule has 0 saturated carbocycles. The van der Waals surface area contributed by atoms with Crippen LogP contribution in [0.3, 0.4) is 0 Å². The van der Waals surface area contributed by atoms with Crippen LogP contribution in [0.25, 0.3) is 0 Å². The molecule has 1 heterocycles. The van der Waals surface area contributed by atoms with Gasteiger partial charge in [0.1, 0.15) is 5.75 Å². The average Bonchev–Trinajstić information content (AvgIpc) is 2.64. The van der Waals surface area contributed by atoms with Crippen molar-refractivity contribution in [3.8, 4) is 5.75 Å². The summed E-state index contributed by atoms with van der Waals surface area (Å²) in [7, 11) is 1.64. The molecule has 138 valence electrons. The molecule has 0 amide bonds. The normalized spacial score (nSPS) is 16.4. The second-order valence-corrected chi connectivity index (χ2v) is 6.77. The van der Waals surface area contributed by atoms with Crippen LogP contribution in [0.1, 0.15) is 41.4 Å². The van der Waals surface area contributed by atoms with Crippen molar-refractivity contribution in [1.29, 1.82) is 0 Å². The first-order chi connectivity index (χ1) is 12.5. The summed E-state index contributed by atoms with van der Waals surface area (Å²) in [6, 6.07) is 14.8. The zero-order valence-electron chi connectivity index (χ0n) is 15.5. The number of ether oxygens (including phenoxy) is 3. The Bertz CT molecular complexity index is 758. The van der Waals surface area contributed by atoms with Crippen LogP contribution in [0.2, 0.25) is 0 Å². The van der Waals surface area contributed by atoms with E-state index >= 15 is 0 Å². The van der Waals surface area contributed by atoms with Gasteiger partial charge in [-0.15, -0.1) is 0 Å². The van der Waals surface area contributed by atoms with E-state index in [-0.39, 0.29) is 5.78 Å². The third kappa shape index (κ3) is 4.30. The number of methoxy groups -OCH3 is 1. The summed E-state index contributed by atoms with van der Waals surface area (Å²) in [5.74, 6) is 0.133. The minimum atomic E-state index is -0.646. The minimum absolute atomic E-state index is 0.0138. The lowest BCUT2D eigenvalue weighted by Gasteiger charge is -2.32. The Kier molecular flexibility index (Phi) is 5.71. The molecule has 0 aromatic heterocycles. The Morgan fingerprint density at radius 2 is 2.00 bits per heavy atom. The lowest BCUT2D eigenvalue weighted by Crippen LogP contribution is -2.35. The van der Waals surface area contributed by atoms with Crippen LogP contribution < -0.4 is 10.1 Å². The summed E-state index contributed by atoms with van der Waals surface area (Å²) < 4.78 is 16.6. The molecule has 5 nitrogen and oxygen atoms in total. The first-order valence-corrected chi connectivity index (χ1v) is 8.77. The highest BCUT2D eigenvalue weighted by Gasteiger charge is 2.29. The molecule has 0 radical (unpaired) electrons. The van der Waals surface area contributed by atoms with Crippen molar-refractivity contribution in [2.24, 2.45) is 0 Å². The van der Waals surface area contributed by atoms with Crippen molar-refractivity contribution in [1.82, 2.24) is 5.32 Å². The van der Waals surface area contributed by atoms with Gasteiger partial charge in [-0.05, 0) is 23.8 Å². The monoisotopic (exact) mass is 355 g/mol. The predicted octanol–water partition coefficient (Wildman–Crippen LogP) is 3.49. The molecule has 26 heavy (non-hydrogen) atoms. The maximum absolute atomic E-state index is 13.2. The van der Waals surface area contributed by atoms with Gasteiger partial charge in [0, 0.05) is 38.6 Å². The van der Waals surface area contributed by atoms with Crippen molar-refractivity contribution >= 4 is 5.78 Å². The number of rotatable bonds is 7. The second kappa shape index (κ2) is 7.99. The van der Waals surface area contributed by atoms with Crippen LogP contribution in [0.4, 0.5) is 0 Å². The Balaban J connectivity index is 1.85. The highest BCUT2D eigenvalue weighted by molar-refractivity contribution is 6.01. The fraction of sp³-hybridized carbons (Fsp3) is 0.381. The maximum Gasteiger partial charge on any atom is 0.205 e. The zero-order chi connectivity index (χ0) is 18.6. The number of Topliss-reactive ketones (excluding diaryl/α,β-unsaturated/α-hetero) is 1. The predicted molar refractivity (Wildman–Crippen MR) is 99.3 cm³/mol. The van der Waals surface area contributed by atoms with E-state index < -0.39 is 11.8 Å².